The fourth-order valence-corrected chi connectivity index (χ4v) is 7.18. The molecule has 0 saturated carbocycles. The molecule has 330 valence electrons. The zero-order chi connectivity index (χ0) is 41.2. The van der Waals surface area contributed by atoms with Crippen molar-refractivity contribution >= 4 is 5.91 Å². The van der Waals surface area contributed by atoms with E-state index >= 15 is 0 Å². The van der Waals surface area contributed by atoms with Crippen LogP contribution in [0.3, 0.4) is 0 Å². The van der Waals surface area contributed by atoms with Gasteiger partial charge in [-0.1, -0.05) is 186 Å². The molecule has 1 aliphatic rings. The van der Waals surface area contributed by atoms with Gasteiger partial charge in [0.1, 0.15) is 36.6 Å². The Kier molecular flexibility index (Phi) is 33.4. The molecule has 11 nitrogen and oxygen atoms in total. The molecule has 1 saturated heterocycles. The van der Waals surface area contributed by atoms with E-state index in [4.69, 9.17) is 9.47 Å². The number of carbonyl (C=O) groups is 1. The Labute approximate surface area is 340 Å². The van der Waals surface area contributed by atoms with Crippen molar-refractivity contribution in [3.05, 3.63) is 24.3 Å². The first-order valence-electron chi connectivity index (χ1n) is 22.8. The fraction of sp³-hybridized carbons (Fsp3) is 0.889. The molecule has 0 spiro atoms. The summed E-state index contributed by atoms with van der Waals surface area (Å²) in [6.45, 7) is 3.74. The summed E-state index contributed by atoms with van der Waals surface area (Å²) >= 11 is 0. The zero-order valence-corrected chi connectivity index (χ0v) is 35.4. The first-order chi connectivity index (χ1) is 27.2. The summed E-state index contributed by atoms with van der Waals surface area (Å²) in [5, 5.41) is 75.2. The fourth-order valence-electron chi connectivity index (χ4n) is 7.18. The van der Waals surface area contributed by atoms with Gasteiger partial charge in [-0.2, -0.15) is 0 Å². The molecule has 1 fully saturated rings. The van der Waals surface area contributed by atoms with Crippen LogP contribution in [-0.2, 0) is 14.3 Å². The predicted octanol–water partition coefficient (Wildman–Crippen LogP) is 7.40. The van der Waals surface area contributed by atoms with E-state index in [-0.39, 0.29) is 6.42 Å². The van der Waals surface area contributed by atoms with Crippen molar-refractivity contribution in [2.45, 2.75) is 249 Å². The maximum absolute atomic E-state index is 13.0. The van der Waals surface area contributed by atoms with Crippen molar-refractivity contribution in [1.29, 1.82) is 0 Å². The SMILES string of the molecule is CCCCC/C=C\CC/C=C/[C@@H](O)[C@H](NC(=O)[C@H](O)CCCCCCCCCCCCCCCCCCCCCCC)[C@H](O)O[C@@H]1O[C@H](CO)[C@@H](O)[C@H](O)[C@H]1O. The van der Waals surface area contributed by atoms with E-state index in [9.17, 15) is 40.5 Å². The van der Waals surface area contributed by atoms with Crippen LogP contribution in [0.15, 0.2) is 24.3 Å². The third-order valence-corrected chi connectivity index (χ3v) is 11.0. The molecule has 1 rings (SSSR count). The average molecular weight is 800 g/mol. The van der Waals surface area contributed by atoms with Crippen LogP contribution in [0.25, 0.3) is 0 Å². The molecule has 0 aromatic heterocycles. The highest BCUT2D eigenvalue weighted by Crippen LogP contribution is 2.24. The van der Waals surface area contributed by atoms with Crippen LogP contribution in [0.1, 0.15) is 194 Å². The Bertz CT molecular complexity index is 965. The highest BCUT2D eigenvalue weighted by molar-refractivity contribution is 5.80. The smallest absolute Gasteiger partial charge is 0.249 e. The number of hydrogen-bond acceptors (Lipinski definition) is 10. The quantitative estimate of drug-likeness (QED) is 0.0179. The molecule has 1 heterocycles. The van der Waals surface area contributed by atoms with E-state index in [1.54, 1.807) is 6.08 Å². The third kappa shape index (κ3) is 25.2. The Balaban J connectivity index is 2.38. The molecule has 11 heteroatoms. The lowest BCUT2D eigenvalue weighted by Gasteiger charge is -2.41. The van der Waals surface area contributed by atoms with Crippen molar-refractivity contribution in [3.8, 4) is 0 Å². The zero-order valence-electron chi connectivity index (χ0n) is 35.4. The maximum atomic E-state index is 13.0. The molecular weight excluding hydrogens is 714 g/mol. The second-order valence-corrected chi connectivity index (χ2v) is 16.1. The summed E-state index contributed by atoms with van der Waals surface area (Å²) in [6, 6.07) is -1.47. The van der Waals surface area contributed by atoms with Crippen LogP contribution >= 0.6 is 0 Å². The standard InChI is InChI=1S/C45H85NO10/c1-3-5-7-9-11-13-14-15-16-17-18-19-20-21-22-23-24-26-28-30-32-34-37(49)43(53)46-39(36(48)33-31-29-27-25-12-10-8-6-4-2)44(54)56-45-42(52)41(51)40(50)38(35-47)55-45/h12,25,31,33,36-42,44-45,47-52,54H,3-11,13-24,26-30,32,34-35H2,1-2H3,(H,46,53)/b25-12-,33-31+/t36-,37-,38-,39+,40-,41+,42-,44-,45+/m1/s1. The van der Waals surface area contributed by atoms with E-state index in [0.29, 0.717) is 12.8 Å². The molecule has 1 aliphatic heterocycles. The molecule has 56 heavy (non-hydrogen) atoms. The van der Waals surface area contributed by atoms with Crippen molar-refractivity contribution in [2.75, 3.05) is 6.61 Å². The normalized spacial score (nSPS) is 22.5. The number of aliphatic hydroxyl groups excluding tert-OH is 7. The number of rotatable bonds is 37. The van der Waals surface area contributed by atoms with Crippen LogP contribution in [0, 0.1) is 0 Å². The molecule has 0 radical (unpaired) electrons. The molecule has 0 aliphatic carbocycles. The van der Waals surface area contributed by atoms with Crippen molar-refractivity contribution in [3.63, 3.8) is 0 Å². The molecule has 0 aromatic carbocycles. The minimum absolute atomic E-state index is 0.220. The highest BCUT2D eigenvalue weighted by Gasteiger charge is 2.46. The molecule has 9 atom stereocenters. The van der Waals surface area contributed by atoms with Gasteiger partial charge in [-0.15, -0.1) is 0 Å². The number of amides is 1. The Morgan fingerprint density at radius 2 is 1.05 bits per heavy atom. The Morgan fingerprint density at radius 3 is 1.55 bits per heavy atom. The maximum Gasteiger partial charge on any atom is 0.249 e. The van der Waals surface area contributed by atoms with Crippen molar-refractivity contribution in [1.82, 2.24) is 5.32 Å². The summed E-state index contributed by atoms with van der Waals surface area (Å²) in [4.78, 5) is 13.0. The second kappa shape index (κ2) is 35.5. The van der Waals surface area contributed by atoms with Gasteiger partial charge >= 0.3 is 0 Å². The molecule has 0 bridgehead atoms. The largest absolute Gasteiger partial charge is 0.394 e. The van der Waals surface area contributed by atoms with Gasteiger partial charge in [-0.3, -0.25) is 4.79 Å². The van der Waals surface area contributed by atoms with Gasteiger partial charge in [0.15, 0.2) is 12.6 Å². The van der Waals surface area contributed by atoms with Crippen LogP contribution in [0.2, 0.25) is 0 Å². The van der Waals surface area contributed by atoms with Gasteiger partial charge < -0.3 is 50.5 Å². The number of aliphatic hydroxyl groups is 7. The van der Waals surface area contributed by atoms with Gasteiger partial charge in [0.05, 0.1) is 12.7 Å². The minimum atomic E-state index is -1.95. The van der Waals surface area contributed by atoms with E-state index < -0.39 is 67.8 Å². The van der Waals surface area contributed by atoms with Crippen molar-refractivity contribution < 1.29 is 50.0 Å². The lowest BCUT2D eigenvalue weighted by Crippen LogP contribution is -2.61. The van der Waals surface area contributed by atoms with Crippen LogP contribution in [0.4, 0.5) is 0 Å². The number of unbranched alkanes of at least 4 members (excludes halogenated alkanes) is 24. The summed E-state index contributed by atoms with van der Waals surface area (Å²) in [5.74, 6) is -0.790. The van der Waals surface area contributed by atoms with Crippen molar-refractivity contribution in [2.24, 2.45) is 0 Å². The number of hydrogen-bond donors (Lipinski definition) is 8. The highest BCUT2D eigenvalue weighted by atomic mass is 16.7. The van der Waals surface area contributed by atoms with E-state index in [2.05, 4.69) is 31.3 Å². The van der Waals surface area contributed by atoms with E-state index in [0.717, 1.165) is 44.9 Å². The summed E-state index contributed by atoms with van der Waals surface area (Å²) in [6.07, 6.45) is 27.2. The summed E-state index contributed by atoms with van der Waals surface area (Å²) < 4.78 is 10.8. The van der Waals surface area contributed by atoms with Gasteiger partial charge in [-0.25, -0.2) is 0 Å². The number of carbonyl (C=O) groups excluding carboxylic acids is 1. The summed E-state index contributed by atoms with van der Waals surface area (Å²) in [7, 11) is 0. The Morgan fingerprint density at radius 1 is 0.607 bits per heavy atom. The molecule has 0 unspecified atom stereocenters. The van der Waals surface area contributed by atoms with Gasteiger partial charge in [-0.05, 0) is 32.1 Å². The van der Waals surface area contributed by atoms with E-state index in [1.165, 1.54) is 122 Å². The van der Waals surface area contributed by atoms with Gasteiger partial charge in [0, 0.05) is 0 Å². The Hall–Kier alpha value is -1.41. The first kappa shape index (κ1) is 52.6. The van der Waals surface area contributed by atoms with E-state index in [1.807, 2.05) is 0 Å². The number of ether oxygens (including phenoxy) is 2. The molecule has 0 aromatic rings. The number of allylic oxidation sites excluding steroid dienone is 3. The molecular formula is C45H85NO10. The third-order valence-electron chi connectivity index (χ3n) is 11.0. The lowest BCUT2D eigenvalue weighted by atomic mass is 9.99. The van der Waals surface area contributed by atoms with Crippen LogP contribution in [-0.4, -0.2) is 104 Å². The molecule has 8 N–H and O–H groups in total. The summed E-state index contributed by atoms with van der Waals surface area (Å²) in [5.41, 5.74) is 0. The van der Waals surface area contributed by atoms with Gasteiger partial charge in [0.2, 0.25) is 5.91 Å². The predicted molar refractivity (Wildman–Crippen MR) is 224 cm³/mol. The van der Waals surface area contributed by atoms with Gasteiger partial charge in [0.25, 0.3) is 0 Å². The first-order valence-corrected chi connectivity index (χ1v) is 22.8. The second-order valence-electron chi connectivity index (χ2n) is 16.1. The number of nitrogens with one attached hydrogen (secondary N) is 1. The average Bonchev–Trinajstić information content (AvgIpc) is 3.19. The van der Waals surface area contributed by atoms with Crippen LogP contribution in [0.5, 0.6) is 0 Å². The topological polar surface area (TPSA) is 189 Å². The lowest BCUT2D eigenvalue weighted by molar-refractivity contribution is -0.336. The molecule has 1 amide bonds. The van der Waals surface area contributed by atoms with Crippen LogP contribution < -0.4 is 5.32 Å². The minimum Gasteiger partial charge on any atom is -0.394 e. The monoisotopic (exact) mass is 800 g/mol.